The molecule has 3 rings (SSSR count). The van der Waals surface area contributed by atoms with Crippen LogP contribution in [-0.2, 0) is 4.79 Å². The number of allylic oxidation sites excluding steroid dienone is 3. The van der Waals surface area contributed by atoms with E-state index in [4.69, 9.17) is 0 Å². The molecule has 1 saturated carbocycles. The van der Waals surface area contributed by atoms with Crippen LogP contribution in [0.4, 0.5) is 17.6 Å². The van der Waals surface area contributed by atoms with Crippen molar-refractivity contribution >= 4 is 11.5 Å². The zero-order valence-electron chi connectivity index (χ0n) is 23.6. The average Bonchev–Trinajstić information content (AvgIpc) is 2.90. The van der Waals surface area contributed by atoms with Crippen LogP contribution in [0.25, 0.3) is 0 Å². The third-order valence-corrected chi connectivity index (χ3v) is 6.77. The van der Waals surface area contributed by atoms with Crippen LogP contribution in [0.5, 0.6) is 0 Å². The number of carbonyl (C=O) groups is 1. The molecule has 0 bridgehead atoms. The lowest BCUT2D eigenvalue weighted by molar-refractivity contribution is -0.313. The van der Waals surface area contributed by atoms with Gasteiger partial charge in [0.1, 0.15) is 5.78 Å². The summed E-state index contributed by atoms with van der Waals surface area (Å²) in [7, 11) is 0. The molecule has 1 aromatic heterocycles. The minimum Gasteiger partial charge on any atom is -0.300 e. The molecule has 0 aliphatic heterocycles. The first-order chi connectivity index (χ1) is 18.3. The van der Waals surface area contributed by atoms with Crippen molar-refractivity contribution in [3.8, 4) is 0 Å². The Morgan fingerprint density at radius 2 is 1.67 bits per heavy atom. The second-order valence-corrected chi connectivity index (χ2v) is 10.4. The summed E-state index contributed by atoms with van der Waals surface area (Å²) in [5.41, 5.74) is 5.82. The highest BCUT2D eigenvalue weighted by molar-refractivity contribution is 5.81. The molecular weight excluding hydrogens is 504 g/mol. The molecular formula is C32H40F4N2O. The number of alkyl halides is 4. The first-order valence-corrected chi connectivity index (χ1v) is 13.4. The minimum absolute atomic E-state index is 0.0186. The summed E-state index contributed by atoms with van der Waals surface area (Å²) in [6, 6.07) is 16.5. The summed E-state index contributed by atoms with van der Waals surface area (Å²) >= 11 is 0. The number of pyridine rings is 1. The molecule has 0 N–H and O–H groups in total. The van der Waals surface area contributed by atoms with E-state index in [1.165, 1.54) is 5.56 Å². The fourth-order valence-corrected chi connectivity index (χ4v) is 4.52. The molecule has 39 heavy (non-hydrogen) atoms. The van der Waals surface area contributed by atoms with E-state index in [1.807, 2.05) is 52.1 Å². The number of aromatic nitrogens is 1. The summed E-state index contributed by atoms with van der Waals surface area (Å²) in [4.78, 5) is 20.8. The Balaban J connectivity index is 0.000000318. The molecule has 2 aromatic rings. The predicted octanol–water partition coefficient (Wildman–Crippen LogP) is 9.36. The fourth-order valence-electron chi connectivity index (χ4n) is 4.52. The molecule has 1 aliphatic carbocycles. The Kier molecular flexibility index (Phi) is 11.8. The van der Waals surface area contributed by atoms with E-state index >= 15 is 0 Å². The maximum absolute atomic E-state index is 13.3. The highest BCUT2D eigenvalue weighted by Gasteiger charge is 2.71. The number of hydrogen-bond donors (Lipinski definition) is 0. The van der Waals surface area contributed by atoms with Crippen LogP contribution < -0.4 is 0 Å². The number of rotatable bonds is 11. The van der Waals surface area contributed by atoms with Gasteiger partial charge in [-0.05, 0) is 56.9 Å². The van der Waals surface area contributed by atoms with Gasteiger partial charge in [-0.25, -0.2) is 0 Å². The lowest BCUT2D eigenvalue weighted by atomic mass is 9.73. The summed E-state index contributed by atoms with van der Waals surface area (Å²) < 4.78 is 52.3. The standard InChI is InChI=1S/C19H27F4NO.C13H13N/c1-6-7-16(12(2)3)17(24-13(4)5)9-8-15(25)10-14-11-18(20,21)19(14,22)23;1-11(12-7-3-2-4-8-12)13-9-5-6-10-14-13/h14H,2,6-11H2,1,3-5H3;2-11H,1H3/b17-16-;. The normalized spacial score (nSPS) is 18.4. The Hall–Kier alpha value is -3.09. The van der Waals surface area contributed by atoms with Crippen molar-refractivity contribution < 1.29 is 22.4 Å². The molecule has 0 spiro atoms. The molecule has 1 aromatic carbocycles. The lowest BCUT2D eigenvalue weighted by Gasteiger charge is -2.43. The summed E-state index contributed by atoms with van der Waals surface area (Å²) in [5.74, 6) is -9.68. The molecule has 1 aliphatic rings. The maximum Gasteiger partial charge on any atom is 0.313 e. The van der Waals surface area contributed by atoms with Gasteiger partial charge in [-0.15, -0.1) is 0 Å². The van der Waals surface area contributed by atoms with Crippen LogP contribution in [0.15, 0.2) is 83.1 Å². The van der Waals surface area contributed by atoms with Crippen LogP contribution in [0.2, 0.25) is 0 Å². The van der Waals surface area contributed by atoms with Gasteiger partial charge in [0, 0.05) is 54.4 Å². The topological polar surface area (TPSA) is 42.3 Å². The Bertz CT molecular complexity index is 1110. The van der Waals surface area contributed by atoms with E-state index < -0.39 is 36.4 Å². The lowest BCUT2D eigenvalue weighted by Crippen LogP contribution is -2.59. The largest absolute Gasteiger partial charge is 0.313 e. The van der Waals surface area contributed by atoms with E-state index in [1.54, 1.807) is 0 Å². The highest BCUT2D eigenvalue weighted by Crippen LogP contribution is 2.56. The quantitative estimate of drug-likeness (QED) is 0.161. The Morgan fingerprint density at radius 3 is 2.15 bits per heavy atom. The third kappa shape index (κ3) is 8.97. The van der Waals surface area contributed by atoms with Gasteiger partial charge in [-0.1, -0.05) is 68.8 Å². The third-order valence-electron chi connectivity index (χ3n) is 6.77. The van der Waals surface area contributed by atoms with Crippen molar-refractivity contribution in [2.24, 2.45) is 10.9 Å². The number of nitrogens with zero attached hydrogens (tertiary/aromatic N) is 2. The molecule has 0 amide bonds. The molecule has 7 heteroatoms. The first kappa shape index (κ1) is 32.1. The van der Waals surface area contributed by atoms with E-state index in [2.05, 4.69) is 53.8 Å². The van der Waals surface area contributed by atoms with Crippen molar-refractivity contribution in [3.63, 3.8) is 0 Å². The highest BCUT2D eigenvalue weighted by atomic mass is 19.3. The van der Waals surface area contributed by atoms with Crippen LogP contribution in [0.3, 0.4) is 0 Å². The van der Waals surface area contributed by atoms with Crippen LogP contribution >= 0.6 is 0 Å². The number of Topliss-reactive ketones (excluding diaryl/α,β-unsaturated/α-hetero) is 1. The van der Waals surface area contributed by atoms with Gasteiger partial charge < -0.3 is 0 Å². The number of carbonyl (C=O) groups excluding carboxylic acids is 1. The summed E-state index contributed by atoms with van der Waals surface area (Å²) in [5, 5.41) is 0. The monoisotopic (exact) mass is 544 g/mol. The average molecular weight is 545 g/mol. The van der Waals surface area contributed by atoms with E-state index in [-0.39, 0.29) is 6.42 Å². The first-order valence-electron chi connectivity index (χ1n) is 13.4. The summed E-state index contributed by atoms with van der Waals surface area (Å²) in [6.07, 6.45) is 2.39. The SMILES string of the molecule is C=C(C)/C(CCC)=C(/CCC(=O)CC1CC(F)(F)C1(F)F)N=C(C)C.CC(c1ccccc1)c1ccccn1. The Labute approximate surface area is 230 Å². The van der Waals surface area contributed by atoms with Gasteiger partial charge in [-0.2, -0.15) is 17.6 Å². The summed E-state index contributed by atoms with van der Waals surface area (Å²) in [6.45, 7) is 13.7. The van der Waals surface area contributed by atoms with Gasteiger partial charge in [0.05, 0.1) is 0 Å². The smallest absolute Gasteiger partial charge is 0.300 e. The van der Waals surface area contributed by atoms with Gasteiger partial charge in [0.15, 0.2) is 0 Å². The molecule has 212 valence electrons. The second-order valence-electron chi connectivity index (χ2n) is 10.4. The van der Waals surface area contributed by atoms with E-state index in [9.17, 15) is 22.4 Å². The van der Waals surface area contributed by atoms with E-state index in [0.717, 1.165) is 41.1 Å². The molecule has 3 nitrogen and oxygen atoms in total. The van der Waals surface area contributed by atoms with Crippen molar-refractivity contribution in [3.05, 3.63) is 89.4 Å². The zero-order valence-corrected chi connectivity index (χ0v) is 23.6. The number of ketones is 1. The fraction of sp³-hybridized carbons (Fsp3) is 0.469. The van der Waals surface area contributed by atoms with Gasteiger partial charge in [0.25, 0.3) is 0 Å². The minimum atomic E-state index is -4.08. The number of benzene rings is 1. The van der Waals surface area contributed by atoms with Crippen molar-refractivity contribution in [1.82, 2.24) is 4.98 Å². The molecule has 2 unspecified atom stereocenters. The van der Waals surface area contributed by atoms with Crippen molar-refractivity contribution in [2.75, 3.05) is 0 Å². The van der Waals surface area contributed by atoms with E-state index in [0.29, 0.717) is 12.3 Å². The molecule has 2 atom stereocenters. The number of aliphatic imine (C=N–C) groups is 1. The predicted molar refractivity (Wildman–Crippen MR) is 151 cm³/mol. The molecule has 1 heterocycles. The second kappa shape index (κ2) is 14.3. The molecule has 0 saturated heterocycles. The number of halogens is 4. The van der Waals surface area contributed by atoms with Gasteiger partial charge in [0.2, 0.25) is 0 Å². The van der Waals surface area contributed by atoms with Crippen LogP contribution in [0.1, 0.15) is 90.3 Å². The van der Waals surface area contributed by atoms with Crippen LogP contribution in [-0.4, -0.2) is 28.3 Å². The zero-order chi connectivity index (χ0) is 29.2. The number of hydrogen-bond acceptors (Lipinski definition) is 3. The van der Waals surface area contributed by atoms with Crippen molar-refractivity contribution in [1.29, 1.82) is 0 Å². The van der Waals surface area contributed by atoms with Gasteiger partial charge in [-0.3, -0.25) is 14.8 Å². The van der Waals surface area contributed by atoms with Gasteiger partial charge >= 0.3 is 11.8 Å². The maximum atomic E-state index is 13.3. The molecule has 0 radical (unpaired) electrons. The van der Waals surface area contributed by atoms with Crippen LogP contribution in [0, 0.1) is 5.92 Å². The van der Waals surface area contributed by atoms with Crippen molar-refractivity contribution in [2.45, 2.75) is 90.9 Å². The Morgan fingerprint density at radius 1 is 1.03 bits per heavy atom. The molecule has 1 fully saturated rings.